The van der Waals surface area contributed by atoms with Crippen LogP contribution in [0.4, 0.5) is 11.5 Å². The van der Waals surface area contributed by atoms with E-state index in [1.54, 1.807) is 12.4 Å². The van der Waals surface area contributed by atoms with Crippen LogP contribution in [0.1, 0.15) is 31.9 Å². The van der Waals surface area contributed by atoms with Gasteiger partial charge in [-0.2, -0.15) is 5.10 Å². The first-order valence-electron chi connectivity index (χ1n) is 10.1. The Labute approximate surface area is 165 Å². The van der Waals surface area contributed by atoms with Gasteiger partial charge >= 0.3 is 0 Å². The lowest BCUT2D eigenvalue weighted by Gasteiger charge is -2.26. The van der Waals surface area contributed by atoms with E-state index in [1.807, 2.05) is 35.3 Å². The molecular formula is C21H27N7. The van der Waals surface area contributed by atoms with Crippen molar-refractivity contribution in [2.45, 2.75) is 39.2 Å². The number of hydrogen-bond donors (Lipinski definition) is 1. The highest BCUT2D eigenvalue weighted by Gasteiger charge is 2.11. The van der Waals surface area contributed by atoms with Gasteiger partial charge in [-0.3, -0.25) is 9.67 Å². The minimum atomic E-state index is 0.710. The second kappa shape index (κ2) is 8.93. The van der Waals surface area contributed by atoms with Gasteiger partial charge in [-0.05, 0) is 44.5 Å². The van der Waals surface area contributed by atoms with E-state index >= 15 is 0 Å². The molecule has 146 valence electrons. The van der Waals surface area contributed by atoms with Crippen LogP contribution < -0.4 is 5.32 Å². The molecule has 4 heterocycles. The SMILES string of the molecule is CCc1cc(Nc2cnn(CCN3CCCCC3)c2)nc(-c2ccncc2)n1. The zero-order valence-corrected chi connectivity index (χ0v) is 16.4. The monoisotopic (exact) mass is 377 g/mol. The second-order valence-corrected chi connectivity index (χ2v) is 7.18. The number of nitrogens with one attached hydrogen (secondary N) is 1. The molecule has 1 N–H and O–H groups in total. The average Bonchev–Trinajstić information content (AvgIpc) is 3.20. The fourth-order valence-electron chi connectivity index (χ4n) is 3.50. The van der Waals surface area contributed by atoms with E-state index in [9.17, 15) is 0 Å². The number of anilines is 2. The lowest BCUT2D eigenvalue weighted by Crippen LogP contribution is -2.32. The van der Waals surface area contributed by atoms with E-state index in [4.69, 9.17) is 0 Å². The molecule has 0 atom stereocenters. The standard InChI is InChI=1S/C21H27N7/c1-2-18-14-20(26-21(25-18)17-6-8-22-9-7-17)24-19-15-23-28(16-19)13-12-27-10-4-3-5-11-27/h6-9,14-16H,2-5,10-13H2,1H3,(H,24,25,26). The third-order valence-corrected chi connectivity index (χ3v) is 5.08. The van der Waals surface area contributed by atoms with Crippen molar-refractivity contribution < 1.29 is 0 Å². The Morgan fingerprint density at radius 2 is 1.86 bits per heavy atom. The quantitative estimate of drug-likeness (QED) is 0.679. The lowest BCUT2D eigenvalue weighted by molar-refractivity contribution is 0.218. The fraction of sp³-hybridized carbons (Fsp3) is 0.429. The molecule has 7 heteroatoms. The molecule has 0 saturated carbocycles. The van der Waals surface area contributed by atoms with Crippen molar-refractivity contribution >= 4 is 11.5 Å². The summed E-state index contributed by atoms with van der Waals surface area (Å²) in [6, 6.07) is 5.85. The van der Waals surface area contributed by atoms with Gasteiger partial charge in [0.2, 0.25) is 0 Å². The summed E-state index contributed by atoms with van der Waals surface area (Å²) in [6.45, 7) is 6.49. The zero-order valence-electron chi connectivity index (χ0n) is 16.4. The normalized spacial score (nSPS) is 14.9. The van der Waals surface area contributed by atoms with E-state index in [0.29, 0.717) is 5.82 Å². The number of piperidine rings is 1. The summed E-state index contributed by atoms with van der Waals surface area (Å²) in [5, 5.41) is 7.88. The molecule has 4 rings (SSSR count). The minimum Gasteiger partial charge on any atom is -0.338 e. The summed E-state index contributed by atoms with van der Waals surface area (Å²) in [5.74, 6) is 1.50. The number of pyridine rings is 1. The summed E-state index contributed by atoms with van der Waals surface area (Å²) in [5.41, 5.74) is 2.91. The molecule has 1 aliphatic heterocycles. The first-order valence-corrected chi connectivity index (χ1v) is 10.1. The van der Waals surface area contributed by atoms with Crippen LogP contribution >= 0.6 is 0 Å². The van der Waals surface area contributed by atoms with Gasteiger partial charge in [0.1, 0.15) is 5.82 Å². The van der Waals surface area contributed by atoms with E-state index in [2.05, 4.69) is 37.2 Å². The number of likely N-dealkylation sites (tertiary alicyclic amines) is 1. The van der Waals surface area contributed by atoms with Gasteiger partial charge in [-0.25, -0.2) is 9.97 Å². The van der Waals surface area contributed by atoms with Crippen molar-refractivity contribution in [3.05, 3.63) is 48.7 Å². The third-order valence-electron chi connectivity index (χ3n) is 5.08. The maximum Gasteiger partial charge on any atom is 0.161 e. The molecule has 28 heavy (non-hydrogen) atoms. The number of nitrogens with zero attached hydrogens (tertiary/aromatic N) is 6. The number of aromatic nitrogens is 5. The molecule has 0 bridgehead atoms. The molecule has 0 aromatic carbocycles. The number of hydrogen-bond acceptors (Lipinski definition) is 6. The molecule has 0 unspecified atom stereocenters. The second-order valence-electron chi connectivity index (χ2n) is 7.18. The maximum atomic E-state index is 4.68. The summed E-state index contributed by atoms with van der Waals surface area (Å²) >= 11 is 0. The van der Waals surface area contributed by atoms with Crippen LogP contribution in [0.15, 0.2) is 43.0 Å². The van der Waals surface area contributed by atoms with E-state index < -0.39 is 0 Å². The van der Waals surface area contributed by atoms with Gasteiger partial charge < -0.3 is 10.2 Å². The first-order chi connectivity index (χ1) is 13.8. The lowest BCUT2D eigenvalue weighted by atomic mass is 10.1. The Hall–Kier alpha value is -2.80. The number of rotatable bonds is 7. The van der Waals surface area contributed by atoms with Gasteiger partial charge in [0, 0.05) is 42.5 Å². The van der Waals surface area contributed by atoms with Gasteiger partial charge in [0.05, 0.1) is 18.4 Å². The van der Waals surface area contributed by atoms with Gasteiger partial charge in [0.25, 0.3) is 0 Å². The van der Waals surface area contributed by atoms with Gasteiger partial charge in [-0.1, -0.05) is 13.3 Å². The van der Waals surface area contributed by atoms with Crippen LogP contribution in [0.5, 0.6) is 0 Å². The third kappa shape index (κ3) is 4.72. The van der Waals surface area contributed by atoms with Crippen molar-refractivity contribution in [2.24, 2.45) is 0 Å². The highest BCUT2D eigenvalue weighted by Crippen LogP contribution is 2.20. The highest BCUT2D eigenvalue weighted by atomic mass is 15.3. The molecule has 3 aromatic heterocycles. The molecule has 0 spiro atoms. The molecule has 1 saturated heterocycles. The van der Waals surface area contributed by atoms with Crippen LogP contribution in [0.2, 0.25) is 0 Å². The number of aryl methyl sites for hydroxylation is 1. The summed E-state index contributed by atoms with van der Waals surface area (Å²) in [4.78, 5) is 15.9. The van der Waals surface area contributed by atoms with Crippen LogP contribution in [0.25, 0.3) is 11.4 Å². The minimum absolute atomic E-state index is 0.710. The maximum absolute atomic E-state index is 4.68. The Balaban J connectivity index is 1.44. The molecule has 1 aliphatic rings. The smallest absolute Gasteiger partial charge is 0.161 e. The summed E-state index contributed by atoms with van der Waals surface area (Å²) in [6.07, 6.45) is 12.3. The van der Waals surface area contributed by atoms with E-state index in [0.717, 1.165) is 42.3 Å². The zero-order chi connectivity index (χ0) is 19.2. The molecule has 0 radical (unpaired) electrons. The van der Waals surface area contributed by atoms with Gasteiger partial charge in [-0.15, -0.1) is 0 Å². The summed E-state index contributed by atoms with van der Waals surface area (Å²) < 4.78 is 2.00. The average molecular weight is 377 g/mol. The van der Waals surface area contributed by atoms with Gasteiger partial charge in [0.15, 0.2) is 5.82 Å². The van der Waals surface area contributed by atoms with Crippen LogP contribution in [-0.2, 0) is 13.0 Å². The Kier molecular flexibility index (Phi) is 5.92. The van der Waals surface area contributed by atoms with Crippen LogP contribution in [0, 0.1) is 0 Å². The van der Waals surface area contributed by atoms with Crippen molar-refractivity contribution in [1.29, 1.82) is 0 Å². The first kappa shape index (κ1) is 18.6. The molecule has 1 fully saturated rings. The van der Waals surface area contributed by atoms with Crippen molar-refractivity contribution in [2.75, 3.05) is 25.0 Å². The van der Waals surface area contributed by atoms with Crippen molar-refractivity contribution in [1.82, 2.24) is 29.6 Å². The molecule has 0 amide bonds. The Morgan fingerprint density at radius 1 is 1.04 bits per heavy atom. The van der Waals surface area contributed by atoms with Crippen LogP contribution in [0.3, 0.4) is 0 Å². The van der Waals surface area contributed by atoms with Crippen molar-refractivity contribution in [3.63, 3.8) is 0 Å². The Bertz CT molecular complexity index is 885. The molecule has 7 nitrogen and oxygen atoms in total. The van der Waals surface area contributed by atoms with Crippen molar-refractivity contribution in [3.8, 4) is 11.4 Å². The molecule has 3 aromatic rings. The predicted octanol–water partition coefficient (Wildman–Crippen LogP) is 3.53. The van der Waals surface area contributed by atoms with Crippen LogP contribution in [-0.4, -0.2) is 49.3 Å². The summed E-state index contributed by atoms with van der Waals surface area (Å²) in [7, 11) is 0. The van der Waals surface area contributed by atoms with E-state index in [-0.39, 0.29) is 0 Å². The highest BCUT2D eigenvalue weighted by molar-refractivity contribution is 5.60. The molecule has 0 aliphatic carbocycles. The largest absolute Gasteiger partial charge is 0.338 e. The fourth-order valence-corrected chi connectivity index (χ4v) is 3.50. The Morgan fingerprint density at radius 3 is 2.64 bits per heavy atom. The molecular weight excluding hydrogens is 350 g/mol. The van der Waals surface area contributed by atoms with E-state index in [1.165, 1.54) is 32.4 Å². The topological polar surface area (TPSA) is 71.8 Å². The predicted molar refractivity (Wildman–Crippen MR) is 110 cm³/mol.